The predicted molar refractivity (Wildman–Crippen MR) is 130 cm³/mol. The van der Waals surface area contributed by atoms with Gasteiger partial charge in [-0.15, -0.1) is 0 Å². The monoisotopic (exact) mass is 470 g/mol. The molecule has 0 aliphatic heterocycles. The van der Waals surface area contributed by atoms with Crippen LogP contribution in [0.4, 0.5) is 5.69 Å². The van der Waals surface area contributed by atoms with E-state index in [4.69, 9.17) is 11.6 Å². The van der Waals surface area contributed by atoms with Crippen LogP contribution in [0, 0.1) is 20.8 Å². The molecule has 0 atom stereocenters. The smallest absolute Gasteiger partial charge is 0.263 e. The highest BCUT2D eigenvalue weighted by Crippen LogP contribution is 2.27. The molecule has 0 saturated carbocycles. The van der Waals surface area contributed by atoms with E-state index in [1.54, 1.807) is 6.07 Å². The molecular formula is C25H27ClN2O3S. The van der Waals surface area contributed by atoms with Crippen molar-refractivity contribution in [2.75, 3.05) is 11.3 Å². The number of anilines is 1. The zero-order chi connectivity index (χ0) is 23.3. The molecule has 2 N–H and O–H groups in total. The Kier molecular flexibility index (Phi) is 7.59. The van der Waals surface area contributed by atoms with Crippen LogP contribution in [0.25, 0.3) is 0 Å². The maximum Gasteiger partial charge on any atom is 0.263 e. The van der Waals surface area contributed by atoms with E-state index in [2.05, 4.69) is 34.3 Å². The first-order chi connectivity index (χ1) is 15.2. The van der Waals surface area contributed by atoms with Gasteiger partial charge >= 0.3 is 0 Å². The van der Waals surface area contributed by atoms with Crippen molar-refractivity contribution in [3.05, 3.63) is 93.5 Å². The molecule has 0 aliphatic carbocycles. The van der Waals surface area contributed by atoms with Gasteiger partial charge in [-0.2, -0.15) is 0 Å². The summed E-state index contributed by atoms with van der Waals surface area (Å²) in [7, 11) is -3.97. The second-order valence-electron chi connectivity index (χ2n) is 7.91. The molecule has 0 bridgehead atoms. The van der Waals surface area contributed by atoms with Gasteiger partial charge < -0.3 is 5.32 Å². The second kappa shape index (κ2) is 10.2. The van der Waals surface area contributed by atoms with Crippen molar-refractivity contribution < 1.29 is 13.2 Å². The minimum atomic E-state index is -3.97. The normalized spacial score (nSPS) is 11.2. The Hall–Kier alpha value is -2.83. The molecule has 168 valence electrons. The van der Waals surface area contributed by atoms with Crippen molar-refractivity contribution in [1.29, 1.82) is 0 Å². The highest BCUT2D eigenvalue weighted by atomic mass is 35.5. The first-order valence-electron chi connectivity index (χ1n) is 10.4. The molecule has 3 rings (SSSR count). The summed E-state index contributed by atoms with van der Waals surface area (Å²) in [6, 6.07) is 18.1. The lowest BCUT2D eigenvalue weighted by molar-refractivity contribution is 0.0953. The summed E-state index contributed by atoms with van der Waals surface area (Å²) < 4.78 is 28.5. The van der Waals surface area contributed by atoms with Crippen LogP contribution in [0.2, 0.25) is 5.02 Å². The summed E-state index contributed by atoms with van der Waals surface area (Å²) in [5.74, 6) is -0.339. The maximum atomic E-state index is 13.0. The number of halogens is 1. The second-order valence-corrected chi connectivity index (χ2v) is 9.97. The van der Waals surface area contributed by atoms with Crippen LogP contribution < -0.4 is 10.0 Å². The molecule has 1 amide bonds. The molecule has 0 aliphatic rings. The lowest BCUT2D eigenvalue weighted by atomic mass is 10.1. The van der Waals surface area contributed by atoms with E-state index in [0.717, 1.165) is 24.0 Å². The van der Waals surface area contributed by atoms with Crippen LogP contribution in [0.3, 0.4) is 0 Å². The maximum absolute atomic E-state index is 13.0. The standard InChI is InChI=1S/C25H27ClN2O3S/c1-17-7-10-20(11-8-17)5-4-14-27-25(29)21-12-13-22(26)24(16-21)32(30,31)28-23-15-18(2)6-9-19(23)3/h6-13,15-16,28H,4-5,14H2,1-3H3,(H,27,29). The largest absolute Gasteiger partial charge is 0.352 e. The number of aryl methyl sites for hydroxylation is 4. The van der Waals surface area contributed by atoms with E-state index in [9.17, 15) is 13.2 Å². The molecular weight excluding hydrogens is 444 g/mol. The van der Waals surface area contributed by atoms with Gasteiger partial charge in [-0.3, -0.25) is 9.52 Å². The summed E-state index contributed by atoms with van der Waals surface area (Å²) >= 11 is 6.18. The van der Waals surface area contributed by atoms with Crippen molar-refractivity contribution in [2.45, 2.75) is 38.5 Å². The van der Waals surface area contributed by atoms with Gasteiger partial charge in [-0.05, 0) is 74.6 Å². The first kappa shape index (κ1) is 23.8. The number of carbonyl (C=O) groups excluding carboxylic acids is 1. The summed E-state index contributed by atoms with van der Waals surface area (Å²) in [4.78, 5) is 12.4. The van der Waals surface area contributed by atoms with E-state index in [1.807, 2.05) is 32.9 Å². The average Bonchev–Trinajstić information content (AvgIpc) is 2.75. The van der Waals surface area contributed by atoms with Gasteiger partial charge in [0.2, 0.25) is 0 Å². The molecule has 0 saturated heterocycles. The van der Waals surface area contributed by atoms with Crippen LogP contribution in [-0.2, 0) is 16.4 Å². The number of benzene rings is 3. The molecule has 3 aromatic rings. The topological polar surface area (TPSA) is 75.3 Å². The molecule has 32 heavy (non-hydrogen) atoms. The summed E-state index contributed by atoms with van der Waals surface area (Å²) in [6.45, 7) is 6.23. The zero-order valence-electron chi connectivity index (χ0n) is 18.4. The Morgan fingerprint density at radius 2 is 1.59 bits per heavy atom. The van der Waals surface area contributed by atoms with Crippen LogP contribution >= 0.6 is 11.6 Å². The van der Waals surface area contributed by atoms with E-state index < -0.39 is 10.0 Å². The number of hydrogen-bond donors (Lipinski definition) is 2. The molecule has 0 spiro atoms. The highest BCUT2D eigenvalue weighted by Gasteiger charge is 2.21. The highest BCUT2D eigenvalue weighted by molar-refractivity contribution is 7.92. The van der Waals surface area contributed by atoms with Gasteiger partial charge in [0.25, 0.3) is 15.9 Å². The average molecular weight is 471 g/mol. The third kappa shape index (κ3) is 6.11. The molecule has 0 radical (unpaired) electrons. The molecule has 0 aromatic heterocycles. The minimum Gasteiger partial charge on any atom is -0.352 e. The van der Waals surface area contributed by atoms with Gasteiger partial charge in [-0.25, -0.2) is 8.42 Å². The van der Waals surface area contributed by atoms with Crippen LogP contribution in [0.5, 0.6) is 0 Å². The Morgan fingerprint density at radius 1 is 0.906 bits per heavy atom. The Balaban J connectivity index is 1.68. The van der Waals surface area contributed by atoms with Crippen LogP contribution in [0.1, 0.15) is 39.0 Å². The zero-order valence-corrected chi connectivity index (χ0v) is 20.0. The lowest BCUT2D eigenvalue weighted by Crippen LogP contribution is -2.25. The number of carbonyl (C=O) groups is 1. The van der Waals surface area contributed by atoms with E-state index in [0.29, 0.717) is 12.2 Å². The fourth-order valence-corrected chi connectivity index (χ4v) is 4.90. The first-order valence-corrected chi connectivity index (χ1v) is 12.3. The number of hydrogen-bond acceptors (Lipinski definition) is 3. The van der Waals surface area contributed by atoms with Crippen molar-refractivity contribution >= 4 is 33.2 Å². The molecule has 0 heterocycles. The number of sulfonamides is 1. The predicted octanol–water partition coefficient (Wildman–Crippen LogP) is 5.43. The van der Waals surface area contributed by atoms with Crippen molar-refractivity contribution in [3.8, 4) is 0 Å². The Labute approximate surface area is 194 Å². The summed E-state index contributed by atoms with van der Waals surface area (Å²) in [6.07, 6.45) is 1.63. The number of amides is 1. The van der Waals surface area contributed by atoms with Crippen molar-refractivity contribution in [3.63, 3.8) is 0 Å². The number of rotatable bonds is 8. The fourth-order valence-electron chi connectivity index (χ4n) is 3.25. The SMILES string of the molecule is Cc1ccc(CCCNC(=O)c2ccc(Cl)c(S(=O)(=O)Nc3cc(C)ccc3C)c2)cc1. The third-order valence-corrected chi connectivity index (χ3v) is 7.02. The quantitative estimate of drug-likeness (QED) is 0.431. The molecule has 7 heteroatoms. The Bertz CT molecular complexity index is 1220. The van der Waals surface area contributed by atoms with E-state index in [-0.39, 0.29) is 21.4 Å². The van der Waals surface area contributed by atoms with Gasteiger partial charge in [-0.1, -0.05) is 53.6 Å². The summed E-state index contributed by atoms with van der Waals surface area (Å²) in [5.41, 5.74) is 4.86. The molecule has 3 aromatic carbocycles. The van der Waals surface area contributed by atoms with Gasteiger partial charge in [0.15, 0.2) is 0 Å². The Morgan fingerprint density at radius 3 is 2.31 bits per heavy atom. The van der Waals surface area contributed by atoms with E-state index in [1.165, 1.54) is 29.3 Å². The lowest BCUT2D eigenvalue weighted by Gasteiger charge is -2.13. The molecule has 5 nitrogen and oxygen atoms in total. The fraction of sp³-hybridized carbons (Fsp3) is 0.240. The van der Waals surface area contributed by atoms with Crippen molar-refractivity contribution in [2.24, 2.45) is 0 Å². The number of nitrogens with one attached hydrogen (secondary N) is 2. The van der Waals surface area contributed by atoms with Crippen molar-refractivity contribution in [1.82, 2.24) is 5.32 Å². The van der Waals surface area contributed by atoms with Crippen LogP contribution in [-0.4, -0.2) is 20.9 Å². The molecule has 0 unspecified atom stereocenters. The molecule has 0 fully saturated rings. The summed E-state index contributed by atoms with van der Waals surface area (Å²) in [5, 5.41) is 2.90. The van der Waals surface area contributed by atoms with Crippen LogP contribution in [0.15, 0.2) is 65.6 Å². The van der Waals surface area contributed by atoms with Gasteiger partial charge in [0.1, 0.15) is 4.90 Å². The van der Waals surface area contributed by atoms with Gasteiger partial charge in [0.05, 0.1) is 10.7 Å². The van der Waals surface area contributed by atoms with Gasteiger partial charge in [0, 0.05) is 12.1 Å². The third-order valence-electron chi connectivity index (χ3n) is 5.17. The minimum absolute atomic E-state index is 0.0544. The van der Waals surface area contributed by atoms with E-state index >= 15 is 0 Å².